The van der Waals surface area contributed by atoms with Gasteiger partial charge < -0.3 is 10.1 Å². The molecular formula is C24H18ClIN2O2. The number of aryl methyl sites for hydroxylation is 1. The van der Waals surface area contributed by atoms with Crippen LogP contribution in [-0.4, -0.2) is 5.91 Å². The van der Waals surface area contributed by atoms with Crippen molar-refractivity contribution in [3.63, 3.8) is 0 Å². The number of hydrogen-bond donors (Lipinski definition) is 1. The molecule has 0 spiro atoms. The van der Waals surface area contributed by atoms with E-state index in [4.69, 9.17) is 16.3 Å². The van der Waals surface area contributed by atoms with Crippen LogP contribution in [0, 0.1) is 21.8 Å². The molecule has 0 aliphatic carbocycles. The molecule has 0 heterocycles. The summed E-state index contributed by atoms with van der Waals surface area (Å²) in [7, 11) is 0. The van der Waals surface area contributed by atoms with E-state index in [1.807, 2.05) is 43.3 Å². The third-order valence-electron chi connectivity index (χ3n) is 4.27. The van der Waals surface area contributed by atoms with Crippen molar-refractivity contribution in [1.29, 1.82) is 5.26 Å². The zero-order valence-electron chi connectivity index (χ0n) is 16.2. The van der Waals surface area contributed by atoms with Crippen LogP contribution >= 0.6 is 34.2 Å². The predicted octanol–water partition coefficient (Wildman–Crippen LogP) is 6.38. The van der Waals surface area contributed by atoms with E-state index in [0.717, 1.165) is 20.4 Å². The molecular weight excluding hydrogens is 511 g/mol. The minimum Gasteiger partial charge on any atom is -0.488 e. The van der Waals surface area contributed by atoms with Crippen LogP contribution in [0.2, 0.25) is 5.02 Å². The maximum atomic E-state index is 12.4. The maximum absolute atomic E-state index is 12.4. The maximum Gasteiger partial charge on any atom is 0.266 e. The molecule has 0 bridgehead atoms. The molecule has 0 aliphatic rings. The Bertz CT molecular complexity index is 1130. The second-order valence-electron chi connectivity index (χ2n) is 6.57. The fraction of sp³-hybridized carbons (Fsp3) is 0.0833. The van der Waals surface area contributed by atoms with Crippen LogP contribution in [0.25, 0.3) is 6.08 Å². The fourth-order valence-corrected chi connectivity index (χ4v) is 3.51. The van der Waals surface area contributed by atoms with Crippen molar-refractivity contribution in [3.05, 3.63) is 97.6 Å². The molecule has 150 valence electrons. The number of rotatable bonds is 6. The first kappa shape index (κ1) is 21.9. The predicted molar refractivity (Wildman–Crippen MR) is 128 cm³/mol. The number of hydrogen-bond acceptors (Lipinski definition) is 3. The molecule has 0 fully saturated rings. The van der Waals surface area contributed by atoms with Crippen molar-refractivity contribution in [2.75, 3.05) is 5.32 Å². The zero-order valence-corrected chi connectivity index (χ0v) is 19.1. The van der Waals surface area contributed by atoms with E-state index in [1.165, 1.54) is 11.6 Å². The molecule has 0 radical (unpaired) electrons. The summed E-state index contributed by atoms with van der Waals surface area (Å²) in [4.78, 5) is 12.4. The average molecular weight is 529 g/mol. The Morgan fingerprint density at radius 1 is 1.17 bits per heavy atom. The number of nitrogens with zero attached hydrogens (tertiary/aromatic N) is 1. The van der Waals surface area contributed by atoms with Crippen molar-refractivity contribution in [1.82, 2.24) is 0 Å². The van der Waals surface area contributed by atoms with Crippen molar-refractivity contribution in [2.24, 2.45) is 0 Å². The van der Waals surface area contributed by atoms with Crippen molar-refractivity contribution in [3.8, 4) is 11.8 Å². The summed E-state index contributed by atoms with van der Waals surface area (Å²) in [6.07, 6.45) is 1.54. The summed E-state index contributed by atoms with van der Waals surface area (Å²) < 4.78 is 6.79. The Hall–Kier alpha value is -2.82. The van der Waals surface area contributed by atoms with Gasteiger partial charge >= 0.3 is 0 Å². The van der Waals surface area contributed by atoms with Crippen molar-refractivity contribution >= 4 is 51.9 Å². The smallest absolute Gasteiger partial charge is 0.266 e. The van der Waals surface area contributed by atoms with E-state index in [2.05, 4.69) is 40.0 Å². The van der Waals surface area contributed by atoms with Gasteiger partial charge in [-0.15, -0.1) is 0 Å². The third kappa shape index (κ3) is 5.85. The van der Waals surface area contributed by atoms with Crippen LogP contribution in [0.5, 0.6) is 5.75 Å². The molecule has 0 aliphatic heterocycles. The van der Waals surface area contributed by atoms with Gasteiger partial charge in [-0.2, -0.15) is 5.26 Å². The van der Waals surface area contributed by atoms with Crippen LogP contribution < -0.4 is 10.1 Å². The SMILES string of the molecule is Cc1ccc(COc2ccc(/C=C(\C#N)C(=O)Nc3ccccc3Cl)cc2I)cc1. The molecule has 1 amide bonds. The van der Waals surface area contributed by atoms with E-state index in [1.54, 1.807) is 24.3 Å². The second-order valence-corrected chi connectivity index (χ2v) is 8.14. The molecule has 3 rings (SSSR count). The van der Waals surface area contributed by atoms with Gasteiger partial charge in [0.15, 0.2) is 0 Å². The molecule has 0 saturated heterocycles. The second kappa shape index (κ2) is 10.3. The lowest BCUT2D eigenvalue weighted by Crippen LogP contribution is -2.13. The van der Waals surface area contributed by atoms with Gasteiger partial charge in [0.25, 0.3) is 5.91 Å². The lowest BCUT2D eigenvalue weighted by atomic mass is 10.1. The summed E-state index contributed by atoms with van der Waals surface area (Å²) in [5, 5.41) is 12.5. The van der Waals surface area contributed by atoms with Gasteiger partial charge in [-0.3, -0.25) is 4.79 Å². The molecule has 0 atom stereocenters. The van der Waals surface area contributed by atoms with E-state index < -0.39 is 5.91 Å². The van der Waals surface area contributed by atoms with E-state index >= 15 is 0 Å². The van der Waals surface area contributed by atoms with Gasteiger partial charge in [0.1, 0.15) is 24.0 Å². The number of para-hydroxylation sites is 1. The number of halogens is 2. The molecule has 0 saturated carbocycles. The fourth-order valence-electron chi connectivity index (χ4n) is 2.64. The highest BCUT2D eigenvalue weighted by molar-refractivity contribution is 14.1. The average Bonchev–Trinajstić information content (AvgIpc) is 2.74. The highest BCUT2D eigenvalue weighted by Crippen LogP contribution is 2.25. The number of nitrogens with one attached hydrogen (secondary N) is 1. The molecule has 0 unspecified atom stereocenters. The van der Waals surface area contributed by atoms with Gasteiger partial charge in [0, 0.05) is 0 Å². The zero-order chi connectivity index (χ0) is 21.5. The summed E-state index contributed by atoms with van der Waals surface area (Å²) in [5.41, 5.74) is 3.46. The van der Waals surface area contributed by atoms with Gasteiger partial charge in [0.2, 0.25) is 0 Å². The number of carbonyl (C=O) groups excluding carboxylic acids is 1. The molecule has 3 aromatic rings. The normalized spacial score (nSPS) is 10.9. The number of nitriles is 1. The van der Waals surface area contributed by atoms with Crippen molar-refractivity contribution in [2.45, 2.75) is 13.5 Å². The molecule has 3 aromatic carbocycles. The van der Waals surface area contributed by atoms with Crippen LogP contribution in [0.3, 0.4) is 0 Å². The highest BCUT2D eigenvalue weighted by atomic mass is 127. The summed E-state index contributed by atoms with van der Waals surface area (Å²) in [6, 6.07) is 22.5. The van der Waals surface area contributed by atoms with Gasteiger partial charge in [-0.25, -0.2) is 0 Å². The Labute approximate surface area is 194 Å². The topological polar surface area (TPSA) is 62.1 Å². The summed E-state index contributed by atoms with van der Waals surface area (Å²) in [6.45, 7) is 2.51. The summed E-state index contributed by atoms with van der Waals surface area (Å²) in [5.74, 6) is 0.229. The number of amides is 1. The quantitative estimate of drug-likeness (QED) is 0.229. The molecule has 6 heteroatoms. The number of anilines is 1. The Kier molecular flexibility index (Phi) is 7.50. The van der Waals surface area contributed by atoms with Crippen LogP contribution in [0.1, 0.15) is 16.7 Å². The first-order valence-corrected chi connectivity index (χ1v) is 10.6. The van der Waals surface area contributed by atoms with Crippen LogP contribution in [-0.2, 0) is 11.4 Å². The highest BCUT2D eigenvalue weighted by Gasteiger charge is 2.12. The molecule has 0 aromatic heterocycles. The monoisotopic (exact) mass is 528 g/mol. The third-order valence-corrected chi connectivity index (χ3v) is 5.44. The lowest BCUT2D eigenvalue weighted by molar-refractivity contribution is -0.112. The number of ether oxygens (including phenoxy) is 1. The summed E-state index contributed by atoms with van der Waals surface area (Å²) >= 11 is 8.24. The van der Waals surface area contributed by atoms with Crippen molar-refractivity contribution < 1.29 is 9.53 Å². The van der Waals surface area contributed by atoms with E-state index in [0.29, 0.717) is 17.3 Å². The Balaban J connectivity index is 1.71. The van der Waals surface area contributed by atoms with Gasteiger partial charge in [-0.1, -0.05) is 59.6 Å². The number of benzene rings is 3. The van der Waals surface area contributed by atoms with Gasteiger partial charge in [-0.05, 0) is 71.0 Å². The van der Waals surface area contributed by atoms with Crippen LogP contribution in [0.15, 0.2) is 72.3 Å². The number of carbonyl (C=O) groups is 1. The van der Waals surface area contributed by atoms with E-state index in [-0.39, 0.29) is 5.57 Å². The first-order valence-electron chi connectivity index (χ1n) is 9.12. The van der Waals surface area contributed by atoms with Crippen LogP contribution in [0.4, 0.5) is 5.69 Å². The standard InChI is InChI=1S/C24H18ClIN2O2/c1-16-6-8-17(9-7-16)15-30-23-11-10-18(13-21(23)26)12-19(14-27)24(29)28-22-5-3-2-4-20(22)25/h2-13H,15H2,1H3,(H,28,29)/b19-12+. The Morgan fingerprint density at radius 2 is 1.90 bits per heavy atom. The molecule has 4 nitrogen and oxygen atoms in total. The van der Waals surface area contributed by atoms with E-state index in [9.17, 15) is 10.1 Å². The largest absolute Gasteiger partial charge is 0.488 e. The van der Waals surface area contributed by atoms with Gasteiger partial charge in [0.05, 0.1) is 14.3 Å². The lowest BCUT2D eigenvalue weighted by Gasteiger charge is -2.10. The molecule has 30 heavy (non-hydrogen) atoms. The first-order chi connectivity index (χ1) is 14.5. The Morgan fingerprint density at radius 3 is 2.57 bits per heavy atom. The molecule has 1 N–H and O–H groups in total. The minimum atomic E-state index is -0.514. The minimum absolute atomic E-state index is 0.0148.